The zero-order valence-corrected chi connectivity index (χ0v) is 11.3. The highest BCUT2D eigenvalue weighted by Gasteiger charge is 2.20. The predicted octanol–water partition coefficient (Wildman–Crippen LogP) is 0.0797. The minimum absolute atomic E-state index is 0.0126. The van der Waals surface area contributed by atoms with Crippen molar-refractivity contribution in [3.05, 3.63) is 29.8 Å². The van der Waals surface area contributed by atoms with Crippen molar-refractivity contribution in [3.63, 3.8) is 0 Å². The Bertz CT molecular complexity index is 590. The van der Waals surface area contributed by atoms with Gasteiger partial charge in [0.1, 0.15) is 0 Å². The standard InChI is InChI=1S/C9H14N2O4S2/c1-8-4-6-9(7-5-8)17(14,15)10-11(2)16(3,12)13/h4-7,10H,1-3H3. The molecule has 0 unspecified atom stereocenters. The first-order valence-corrected chi connectivity index (χ1v) is 7.99. The minimum atomic E-state index is -3.86. The molecule has 0 spiro atoms. The van der Waals surface area contributed by atoms with E-state index in [0.717, 1.165) is 18.9 Å². The van der Waals surface area contributed by atoms with Gasteiger partial charge in [-0.1, -0.05) is 17.7 Å². The van der Waals surface area contributed by atoms with Crippen LogP contribution in [0.15, 0.2) is 29.2 Å². The Morgan fingerprint density at radius 2 is 1.53 bits per heavy atom. The first kappa shape index (κ1) is 14.1. The average molecular weight is 278 g/mol. The van der Waals surface area contributed by atoms with E-state index in [1.165, 1.54) is 12.1 Å². The molecule has 1 rings (SSSR count). The summed E-state index contributed by atoms with van der Waals surface area (Å²) >= 11 is 0. The van der Waals surface area contributed by atoms with E-state index in [9.17, 15) is 16.8 Å². The quantitative estimate of drug-likeness (QED) is 0.791. The number of sulfonamides is 2. The summed E-state index contributed by atoms with van der Waals surface area (Å²) < 4.78 is 46.3. The van der Waals surface area contributed by atoms with Crippen molar-refractivity contribution < 1.29 is 16.8 Å². The lowest BCUT2D eigenvalue weighted by Crippen LogP contribution is -2.42. The summed E-state index contributed by atoms with van der Waals surface area (Å²) in [7, 11) is -6.35. The van der Waals surface area contributed by atoms with E-state index in [2.05, 4.69) is 0 Å². The maximum absolute atomic E-state index is 11.8. The van der Waals surface area contributed by atoms with Crippen LogP contribution < -0.4 is 4.83 Å². The van der Waals surface area contributed by atoms with Crippen molar-refractivity contribution >= 4 is 20.0 Å². The maximum atomic E-state index is 11.8. The van der Waals surface area contributed by atoms with Crippen LogP contribution in [0.25, 0.3) is 0 Å². The summed E-state index contributed by atoms with van der Waals surface area (Å²) in [6.07, 6.45) is 0.907. The van der Waals surface area contributed by atoms with Crippen LogP contribution in [-0.4, -0.2) is 34.6 Å². The molecule has 1 aromatic rings. The molecule has 0 bridgehead atoms. The molecule has 1 N–H and O–H groups in total. The van der Waals surface area contributed by atoms with E-state index in [1.54, 1.807) is 12.1 Å². The van der Waals surface area contributed by atoms with E-state index in [4.69, 9.17) is 0 Å². The van der Waals surface area contributed by atoms with Crippen molar-refractivity contribution in [1.29, 1.82) is 0 Å². The van der Waals surface area contributed by atoms with Crippen LogP contribution in [0.1, 0.15) is 5.56 Å². The lowest BCUT2D eigenvalue weighted by atomic mass is 10.2. The maximum Gasteiger partial charge on any atom is 0.254 e. The summed E-state index contributed by atoms with van der Waals surface area (Å²) in [6.45, 7) is 1.83. The number of nitrogens with zero attached hydrogens (tertiary/aromatic N) is 1. The molecule has 0 saturated carbocycles. The molecule has 6 nitrogen and oxygen atoms in total. The first-order valence-electron chi connectivity index (χ1n) is 4.66. The largest absolute Gasteiger partial charge is 0.254 e. The predicted molar refractivity (Wildman–Crippen MR) is 64.1 cm³/mol. The molecule has 0 aliphatic rings. The molecule has 0 aromatic heterocycles. The SMILES string of the molecule is Cc1ccc(S(=O)(=O)NN(C)S(C)(=O)=O)cc1. The molecule has 0 heterocycles. The van der Waals surface area contributed by atoms with Gasteiger partial charge in [0.05, 0.1) is 11.2 Å². The van der Waals surface area contributed by atoms with Gasteiger partial charge < -0.3 is 0 Å². The highest BCUT2D eigenvalue weighted by molar-refractivity contribution is 7.91. The van der Waals surface area contributed by atoms with Gasteiger partial charge in [0, 0.05) is 7.05 Å². The number of hydrazine groups is 1. The molecule has 96 valence electrons. The summed E-state index contributed by atoms with van der Waals surface area (Å²) in [5.74, 6) is 0. The monoisotopic (exact) mass is 278 g/mol. The second-order valence-corrected chi connectivity index (χ2v) is 7.31. The van der Waals surface area contributed by atoms with E-state index >= 15 is 0 Å². The minimum Gasteiger partial charge on any atom is -0.211 e. The Hall–Kier alpha value is -0.960. The van der Waals surface area contributed by atoms with Gasteiger partial charge >= 0.3 is 0 Å². The number of nitrogens with one attached hydrogen (secondary N) is 1. The van der Waals surface area contributed by atoms with E-state index in [0.29, 0.717) is 4.41 Å². The van der Waals surface area contributed by atoms with E-state index < -0.39 is 20.0 Å². The Morgan fingerprint density at radius 1 is 1.06 bits per heavy atom. The zero-order valence-electron chi connectivity index (χ0n) is 9.71. The number of rotatable bonds is 4. The first-order chi connectivity index (χ1) is 7.63. The normalized spacial score (nSPS) is 12.9. The lowest BCUT2D eigenvalue weighted by Gasteiger charge is -2.15. The third kappa shape index (κ3) is 3.77. The van der Waals surface area contributed by atoms with Crippen LogP contribution in [0.5, 0.6) is 0 Å². The highest BCUT2D eigenvalue weighted by Crippen LogP contribution is 2.10. The van der Waals surface area contributed by atoms with Crippen LogP contribution in [0, 0.1) is 6.92 Å². The summed E-state index contributed by atoms with van der Waals surface area (Å²) in [6, 6.07) is 6.09. The van der Waals surface area contributed by atoms with Crippen LogP contribution in [-0.2, 0) is 20.0 Å². The summed E-state index contributed by atoms with van der Waals surface area (Å²) in [5, 5.41) is 0. The molecule has 0 saturated heterocycles. The van der Waals surface area contributed by atoms with Gasteiger partial charge in [-0.25, -0.2) is 16.8 Å². The molecule has 0 aliphatic heterocycles. The van der Waals surface area contributed by atoms with Gasteiger partial charge in [-0.05, 0) is 19.1 Å². The van der Waals surface area contributed by atoms with Crippen molar-refractivity contribution in [2.45, 2.75) is 11.8 Å². The second kappa shape index (κ2) is 4.73. The van der Waals surface area contributed by atoms with Gasteiger partial charge in [0.2, 0.25) is 10.0 Å². The molecule has 8 heteroatoms. The fourth-order valence-corrected chi connectivity index (χ4v) is 2.78. The Morgan fingerprint density at radius 3 is 1.94 bits per heavy atom. The fourth-order valence-electron chi connectivity index (χ4n) is 1.01. The number of hydrogen-bond donors (Lipinski definition) is 1. The molecule has 0 fully saturated rings. The van der Waals surface area contributed by atoms with Crippen LogP contribution >= 0.6 is 0 Å². The molecule has 0 amide bonds. The van der Waals surface area contributed by atoms with E-state index in [-0.39, 0.29) is 4.90 Å². The molecule has 0 aliphatic carbocycles. The fraction of sp³-hybridized carbons (Fsp3) is 0.333. The van der Waals surface area contributed by atoms with Gasteiger partial charge in [0.25, 0.3) is 10.0 Å². The highest BCUT2D eigenvalue weighted by atomic mass is 32.2. The average Bonchev–Trinajstić information content (AvgIpc) is 2.16. The zero-order chi connectivity index (χ0) is 13.3. The number of benzene rings is 1. The molecular weight excluding hydrogens is 264 g/mol. The third-order valence-corrected chi connectivity index (χ3v) is 4.69. The molecule has 17 heavy (non-hydrogen) atoms. The van der Waals surface area contributed by atoms with Gasteiger partial charge in [-0.15, -0.1) is 9.25 Å². The van der Waals surface area contributed by atoms with Crippen LogP contribution in [0.3, 0.4) is 0 Å². The second-order valence-electron chi connectivity index (χ2n) is 3.64. The molecule has 1 aromatic carbocycles. The van der Waals surface area contributed by atoms with Gasteiger partial charge in [-0.3, -0.25) is 0 Å². The number of aryl methyl sites for hydroxylation is 1. The number of hydrogen-bond acceptors (Lipinski definition) is 4. The van der Waals surface area contributed by atoms with E-state index in [1.807, 2.05) is 11.8 Å². The van der Waals surface area contributed by atoms with Gasteiger partial charge in [-0.2, -0.15) is 0 Å². The van der Waals surface area contributed by atoms with Crippen molar-refractivity contribution in [2.75, 3.05) is 13.3 Å². The molecule has 0 radical (unpaired) electrons. The summed E-state index contributed by atoms with van der Waals surface area (Å²) in [5.41, 5.74) is 0.917. The van der Waals surface area contributed by atoms with Crippen LogP contribution in [0.2, 0.25) is 0 Å². The van der Waals surface area contributed by atoms with Crippen molar-refractivity contribution in [1.82, 2.24) is 9.25 Å². The van der Waals surface area contributed by atoms with Crippen LogP contribution in [0.4, 0.5) is 0 Å². The molecule has 0 atom stereocenters. The Balaban J connectivity index is 3.02. The lowest BCUT2D eigenvalue weighted by molar-refractivity contribution is 0.436. The van der Waals surface area contributed by atoms with Crippen molar-refractivity contribution in [2.24, 2.45) is 0 Å². The van der Waals surface area contributed by atoms with Crippen molar-refractivity contribution in [3.8, 4) is 0 Å². The molecular formula is C9H14N2O4S2. The van der Waals surface area contributed by atoms with Gasteiger partial charge in [0.15, 0.2) is 0 Å². The topological polar surface area (TPSA) is 83.6 Å². The smallest absolute Gasteiger partial charge is 0.211 e. The summed E-state index contributed by atoms with van der Waals surface area (Å²) in [4.78, 5) is 1.96. The Labute approximate surface area is 101 Å². The third-order valence-electron chi connectivity index (χ3n) is 2.08. The Kier molecular flexibility index (Phi) is 3.92.